The van der Waals surface area contributed by atoms with Crippen LogP contribution in [0.25, 0.3) is 16.5 Å². The topological polar surface area (TPSA) is 31.4 Å². The van der Waals surface area contributed by atoms with Crippen molar-refractivity contribution >= 4 is 16.5 Å². The molecule has 116 valence electrons. The molecule has 0 N–H and O–H groups in total. The predicted molar refractivity (Wildman–Crippen MR) is 94.0 cm³/mol. The molecular formula is C20H19NO2. The zero-order valence-electron chi connectivity index (χ0n) is 13.5. The highest BCUT2D eigenvalue weighted by Gasteiger charge is 2.09. The van der Waals surface area contributed by atoms with Crippen LogP contribution < -0.4 is 9.47 Å². The molecule has 3 nitrogen and oxygen atoms in total. The van der Waals surface area contributed by atoms with E-state index in [0.29, 0.717) is 0 Å². The average Bonchev–Trinajstić information content (AvgIpc) is 2.62. The molecule has 0 spiro atoms. The summed E-state index contributed by atoms with van der Waals surface area (Å²) in [6.07, 6.45) is 3.91. The van der Waals surface area contributed by atoms with Crippen molar-refractivity contribution in [3.63, 3.8) is 0 Å². The highest BCUT2D eigenvalue weighted by Crippen LogP contribution is 2.31. The number of nitrogens with zero attached hydrogens (tertiary/aromatic N) is 1. The Kier molecular flexibility index (Phi) is 4.29. The molecule has 0 unspecified atom stereocenters. The van der Waals surface area contributed by atoms with Gasteiger partial charge in [0.25, 0.3) is 0 Å². The maximum Gasteiger partial charge on any atom is 0.123 e. The lowest BCUT2D eigenvalue weighted by Gasteiger charge is -2.12. The molecule has 3 heteroatoms. The van der Waals surface area contributed by atoms with E-state index in [-0.39, 0.29) is 0 Å². The van der Waals surface area contributed by atoms with E-state index >= 15 is 0 Å². The van der Waals surface area contributed by atoms with Crippen molar-refractivity contribution in [1.82, 2.24) is 4.98 Å². The van der Waals surface area contributed by atoms with E-state index in [2.05, 4.69) is 29.3 Å². The molecule has 0 aliphatic heterocycles. The van der Waals surface area contributed by atoms with E-state index < -0.39 is 0 Å². The number of aromatic nitrogens is 1. The average molecular weight is 305 g/mol. The van der Waals surface area contributed by atoms with Crippen LogP contribution in [0.3, 0.4) is 0 Å². The summed E-state index contributed by atoms with van der Waals surface area (Å²) in [6, 6.07) is 16.2. The second-order valence-corrected chi connectivity index (χ2v) is 5.21. The lowest BCUT2D eigenvalue weighted by Crippen LogP contribution is -1.93. The smallest absolute Gasteiger partial charge is 0.123 e. The van der Waals surface area contributed by atoms with Gasteiger partial charge < -0.3 is 9.47 Å². The van der Waals surface area contributed by atoms with Crippen molar-refractivity contribution in [2.45, 2.75) is 6.92 Å². The third-order valence-corrected chi connectivity index (χ3v) is 3.87. The molecule has 0 saturated carbocycles. The summed E-state index contributed by atoms with van der Waals surface area (Å²) in [7, 11) is 3.32. The van der Waals surface area contributed by atoms with Crippen molar-refractivity contribution in [1.29, 1.82) is 0 Å². The minimum absolute atomic E-state index is 0.779. The molecule has 3 rings (SSSR count). The molecular weight excluding hydrogens is 286 g/mol. The van der Waals surface area contributed by atoms with Crippen molar-refractivity contribution in [3.05, 3.63) is 71.9 Å². The lowest BCUT2D eigenvalue weighted by atomic mass is 9.96. The van der Waals surface area contributed by atoms with Gasteiger partial charge in [-0.3, -0.25) is 4.98 Å². The Bertz CT molecular complexity index is 846. The van der Waals surface area contributed by atoms with Crippen molar-refractivity contribution < 1.29 is 9.47 Å². The van der Waals surface area contributed by atoms with Gasteiger partial charge in [0.1, 0.15) is 11.5 Å². The van der Waals surface area contributed by atoms with Crippen molar-refractivity contribution in [2.75, 3.05) is 14.2 Å². The van der Waals surface area contributed by atoms with Crippen LogP contribution in [0.4, 0.5) is 0 Å². The molecule has 0 amide bonds. The van der Waals surface area contributed by atoms with Crippen LogP contribution in [0.1, 0.15) is 18.1 Å². The number of ether oxygens (including phenoxy) is 2. The fourth-order valence-electron chi connectivity index (χ4n) is 2.71. The van der Waals surface area contributed by atoms with Gasteiger partial charge >= 0.3 is 0 Å². The van der Waals surface area contributed by atoms with Gasteiger partial charge in [0, 0.05) is 17.6 Å². The van der Waals surface area contributed by atoms with Crippen molar-refractivity contribution in [2.24, 2.45) is 0 Å². The van der Waals surface area contributed by atoms with E-state index in [1.807, 2.05) is 43.5 Å². The number of rotatable bonds is 4. The van der Waals surface area contributed by atoms with E-state index in [0.717, 1.165) is 39.1 Å². The van der Waals surface area contributed by atoms with Gasteiger partial charge in [-0.2, -0.15) is 0 Å². The normalized spacial score (nSPS) is 11.5. The summed E-state index contributed by atoms with van der Waals surface area (Å²) in [5.74, 6) is 1.56. The summed E-state index contributed by atoms with van der Waals surface area (Å²) >= 11 is 0. The molecule has 0 aliphatic rings. The molecule has 0 bridgehead atoms. The van der Waals surface area contributed by atoms with E-state index in [1.54, 1.807) is 14.2 Å². The fourth-order valence-corrected chi connectivity index (χ4v) is 2.71. The number of benzene rings is 2. The summed E-state index contributed by atoms with van der Waals surface area (Å²) in [6.45, 7) is 2.04. The van der Waals surface area contributed by atoms with E-state index in [4.69, 9.17) is 9.47 Å². The molecule has 1 heterocycles. The second-order valence-electron chi connectivity index (χ2n) is 5.21. The Balaban J connectivity index is 2.11. The predicted octanol–water partition coefficient (Wildman–Crippen LogP) is 4.70. The van der Waals surface area contributed by atoms with Crippen LogP contribution in [-0.2, 0) is 0 Å². The third kappa shape index (κ3) is 3.04. The van der Waals surface area contributed by atoms with Gasteiger partial charge in [0.15, 0.2) is 0 Å². The Morgan fingerprint density at radius 2 is 1.65 bits per heavy atom. The number of methoxy groups -OCH3 is 2. The Hall–Kier alpha value is -2.81. The third-order valence-electron chi connectivity index (χ3n) is 3.87. The highest BCUT2D eigenvalue weighted by atomic mass is 16.5. The number of pyridine rings is 1. The molecule has 0 atom stereocenters. The van der Waals surface area contributed by atoms with Crippen LogP contribution in [0, 0.1) is 0 Å². The first-order valence-corrected chi connectivity index (χ1v) is 7.50. The largest absolute Gasteiger partial charge is 0.497 e. The monoisotopic (exact) mass is 305 g/mol. The molecule has 1 aromatic heterocycles. The lowest BCUT2D eigenvalue weighted by molar-refractivity contribution is 0.394. The first-order valence-electron chi connectivity index (χ1n) is 7.50. The standard InChI is InChI=1S/C20H19NO2/c1-4-19(16-11-17(22-2)13-18(12-16)23-3)14-7-8-20-15(10-14)6-5-9-21-20/h4-13H,1-3H3/b19-4+. The molecule has 0 saturated heterocycles. The van der Waals surface area contributed by atoms with Gasteiger partial charge in [0.05, 0.1) is 19.7 Å². The van der Waals surface area contributed by atoms with Crippen LogP contribution in [0.15, 0.2) is 60.8 Å². The molecule has 2 aromatic carbocycles. The Labute approximate surface area is 136 Å². The zero-order valence-corrected chi connectivity index (χ0v) is 13.5. The highest BCUT2D eigenvalue weighted by molar-refractivity contribution is 5.88. The number of hydrogen-bond acceptors (Lipinski definition) is 3. The van der Waals surface area contributed by atoms with E-state index in [9.17, 15) is 0 Å². The molecule has 23 heavy (non-hydrogen) atoms. The van der Waals surface area contributed by atoms with Gasteiger partial charge in [0.2, 0.25) is 0 Å². The van der Waals surface area contributed by atoms with Gasteiger partial charge in [-0.05, 0) is 54.0 Å². The molecule has 0 fully saturated rings. The summed E-state index contributed by atoms with van der Waals surface area (Å²) in [4.78, 5) is 4.38. The minimum Gasteiger partial charge on any atom is -0.497 e. The summed E-state index contributed by atoms with van der Waals surface area (Å²) in [5.41, 5.74) is 4.33. The summed E-state index contributed by atoms with van der Waals surface area (Å²) in [5, 5.41) is 1.12. The number of hydrogen-bond donors (Lipinski definition) is 0. The zero-order chi connectivity index (χ0) is 16.2. The number of allylic oxidation sites excluding steroid dienone is 1. The second kappa shape index (κ2) is 6.53. The molecule has 3 aromatic rings. The van der Waals surface area contributed by atoms with Crippen molar-refractivity contribution in [3.8, 4) is 11.5 Å². The number of fused-ring (bicyclic) bond motifs is 1. The van der Waals surface area contributed by atoms with Crippen LogP contribution >= 0.6 is 0 Å². The SMILES string of the molecule is C/C=C(/c1cc(OC)cc(OC)c1)c1ccc2ncccc2c1. The van der Waals surface area contributed by atoms with E-state index in [1.165, 1.54) is 0 Å². The maximum absolute atomic E-state index is 5.38. The Morgan fingerprint density at radius 1 is 0.913 bits per heavy atom. The first-order chi connectivity index (χ1) is 11.2. The van der Waals surface area contributed by atoms with Gasteiger partial charge in [-0.15, -0.1) is 0 Å². The minimum atomic E-state index is 0.779. The fraction of sp³-hybridized carbons (Fsp3) is 0.150. The first kappa shape index (κ1) is 15.1. The van der Waals surface area contributed by atoms with Crippen LogP contribution in [0.2, 0.25) is 0 Å². The Morgan fingerprint density at radius 3 is 2.30 bits per heavy atom. The van der Waals surface area contributed by atoms with Crippen LogP contribution in [0.5, 0.6) is 11.5 Å². The molecule has 0 aliphatic carbocycles. The van der Waals surface area contributed by atoms with Crippen LogP contribution in [-0.4, -0.2) is 19.2 Å². The summed E-state index contributed by atoms with van der Waals surface area (Å²) < 4.78 is 10.8. The van der Waals surface area contributed by atoms with Gasteiger partial charge in [-0.25, -0.2) is 0 Å². The quantitative estimate of drug-likeness (QED) is 0.700. The molecule has 0 radical (unpaired) electrons. The van der Waals surface area contributed by atoms with Gasteiger partial charge in [-0.1, -0.05) is 18.2 Å². The maximum atomic E-state index is 5.38.